The van der Waals surface area contributed by atoms with E-state index < -0.39 is 18.1 Å². The summed E-state index contributed by atoms with van der Waals surface area (Å²) in [7, 11) is 0. The van der Waals surface area contributed by atoms with Crippen LogP contribution in [-0.2, 0) is 9.53 Å². The van der Waals surface area contributed by atoms with E-state index in [4.69, 9.17) is 18.9 Å². The van der Waals surface area contributed by atoms with E-state index in [0.29, 0.717) is 42.6 Å². The maximum absolute atomic E-state index is 13.8. The van der Waals surface area contributed by atoms with Crippen LogP contribution in [0.4, 0.5) is 4.39 Å². The lowest BCUT2D eigenvalue weighted by molar-refractivity contribution is -0.157. The average molecular weight is 501 g/mol. The van der Waals surface area contributed by atoms with Gasteiger partial charge in [0.1, 0.15) is 23.4 Å². The molecule has 0 unspecified atom stereocenters. The van der Waals surface area contributed by atoms with Crippen molar-refractivity contribution in [2.75, 3.05) is 13.2 Å². The number of unbranched alkanes of at least 4 members (excludes halogenated alkanes) is 1. The fraction of sp³-hybridized carbons (Fsp3) is 0.517. The number of alkyl halides is 1. The molecule has 0 saturated heterocycles. The van der Waals surface area contributed by atoms with E-state index in [1.807, 2.05) is 13.8 Å². The van der Waals surface area contributed by atoms with E-state index in [9.17, 15) is 14.0 Å². The van der Waals surface area contributed by atoms with Crippen LogP contribution in [0, 0.1) is 5.92 Å². The molecule has 0 heterocycles. The molecular weight excluding hydrogens is 463 g/mol. The van der Waals surface area contributed by atoms with E-state index in [0.717, 1.165) is 44.3 Å². The largest absolute Gasteiger partial charge is 0.494 e. The Kier molecular flexibility index (Phi) is 11.0. The zero-order valence-corrected chi connectivity index (χ0v) is 21.2. The first-order valence-corrected chi connectivity index (χ1v) is 13.0. The van der Waals surface area contributed by atoms with Crippen LogP contribution in [0.1, 0.15) is 75.6 Å². The zero-order chi connectivity index (χ0) is 25.8. The van der Waals surface area contributed by atoms with Gasteiger partial charge in [0.2, 0.25) is 0 Å². The van der Waals surface area contributed by atoms with Gasteiger partial charge >= 0.3 is 11.9 Å². The van der Waals surface area contributed by atoms with Crippen molar-refractivity contribution in [2.24, 2.45) is 5.92 Å². The first-order valence-electron chi connectivity index (χ1n) is 13.0. The van der Waals surface area contributed by atoms with Crippen LogP contribution in [0.25, 0.3) is 0 Å². The first-order chi connectivity index (χ1) is 17.5. The van der Waals surface area contributed by atoms with Crippen molar-refractivity contribution in [3.05, 3.63) is 54.1 Å². The molecule has 0 aliphatic heterocycles. The van der Waals surface area contributed by atoms with Crippen LogP contribution in [-0.4, -0.2) is 37.4 Å². The first kappa shape index (κ1) is 27.5. The van der Waals surface area contributed by atoms with Gasteiger partial charge in [-0.25, -0.2) is 14.0 Å². The number of rotatable bonds is 13. The summed E-state index contributed by atoms with van der Waals surface area (Å²) in [5, 5.41) is 0. The number of hydrogen-bond acceptors (Lipinski definition) is 6. The molecule has 0 spiro atoms. The lowest BCUT2D eigenvalue weighted by Crippen LogP contribution is -2.30. The second-order valence-corrected chi connectivity index (χ2v) is 9.23. The summed E-state index contributed by atoms with van der Waals surface area (Å²) in [6, 6.07) is 13.8. The van der Waals surface area contributed by atoms with Gasteiger partial charge in [-0.15, -0.1) is 0 Å². The molecule has 0 radical (unpaired) electrons. The molecular formula is C29H37FO6. The zero-order valence-electron chi connectivity index (χ0n) is 21.2. The average Bonchev–Trinajstić information content (AvgIpc) is 2.91. The van der Waals surface area contributed by atoms with Gasteiger partial charge < -0.3 is 18.9 Å². The molecule has 0 amide bonds. The molecule has 6 nitrogen and oxygen atoms in total. The smallest absolute Gasteiger partial charge is 0.343 e. The molecule has 1 aliphatic carbocycles. The monoisotopic (exact) mass is 500 g/mol. The molecule has 0 N–H and O–H groups in total. The maximum atomic E-state index is 13.8. The lowest BCUT2D eigenvalue weighted by Gasteiger charge is -2.28. The number of esters is 2. The molecule has 36 heavy (non-hydrogen) atoms. The Morgan fingerprint density at radius 1 is 0.861 bits per heavy atom. The fourth-order valence-corrected chi connectivity index (χ4v) is 4.05. The minimum atomic E-state index is -1.51. The molecule has 7 heteroatoms. The van der Waals surface area contributed by atoms with Gasteiger partial charge in [0.05, 0.1) is 18.8 Å². The molecule has 196 valence electrons. The van der Waals surface area contributed by atoms with Crippen LogP contribution in [0.15, 0.2) is 48.5 Å². The van der Waals surface area contributed by atoms with E-state index in [1.165, 1.54) is 0 Å². The normalized spacial score (nSPS) is 18.2. The second-order valence-electron chi connectivity index (χ2n) is 9.23. The second kappa shape index (κ2) is 14.5. The minimum absolute atomic E-state index is 0.206. The summed E-state index contributed by atoms with van der Waals surface area (Å²) in [6.07, 6.45) is 4.15. The summed E-state index contributed by atoms with van der Waals surface area (Å²) >= 11 is 0. The Morgan fingerprint density at radius 2 is 1.47 bits per heavy atom. The van der Waals surface area contributed by atoms with Crippen molar-refractivity contribution < 1.29 is 32.9 Å². The summed E-state index contributed by atoms with van der Waals surface area (Å²) in [5.41, 5.74) is 0.448. The summed E-state index contributed by atoms with van der Waals surface area (Å²) in [5.74, 6) is 1.04. The summed E-state index contributed by atoms with van der Waals surface area (Å²) in [4.78, 5) is 24.3. The molecule has 1 atom stereocenters. The molecule has 1 aliphatic rings. The molecule has 2 aromatic carbocycles. The molecule has 0 aromatic heterocycles. The summed E-state index contributed by atoms with van der Waals surface area (Å²) in [6.45, 7) is 5.19. The van der Waals surface area contributed by atoms with Crippen LogP contribution in [0.2, 0.25) is 0 Å². The predicted molar refractivity (Wildman–Crippen MR) is 135 cm³/mol. The fourth-order valence-electron chi connectivity index (χ4n) is 4.05. The molecule has 0 bridgehead atoms. The van der Waals surface area contributed by atoms with Crippen molar-refractivity contribution in [1.29, 1.82) is 0 Å². The number of halogens is 1. The van der Waals surface area contributed by atoms with Crippen LogP contribution in [0.5, 0.6) is 17.2 Å². The Balaban J connectivity index is 1.37. The highest BCUT2D eigenvalue weighted by atomic mass is 19.1. The number of hydrogen-bond donors (Lipinski definition) is 0. The Hall–Kier alpha value is -3.09. The number of carbonyl (C=O) groups excluding carboxylic acids is 2. The van der Waals surface area contributed by atoms with Gasteiger partial charge in [-0.1, -0.05) is 26.7 Å². The maximum Gasteiger partial charge on any atom is 0.343 e. The van der Waals surface area contributed by atoms with Crippen LogP contribution >= 0.6 is 0 Å². The van der Waals surface area contributed by atoms with Gasteiger partial charge in [-0.3, -0.25) is 0 Å². The van der Waals surface area contributed by atoms with E-state index in [2.05, 4.69) is 0 Å². The number of benzene rings is 2. The highest BCUT2D eigenvalue weighted by Crippen LogP contribution is 2.28. The van der Waals surface area contributed by atoms with Crippen molar-refractivity contribution in [1.82, 2.24) is 0 Å². The van der Waals surface area contributed by atoms with E-state index in [-0.39, 0.29) is 12.5 Å². The molecule has 1 saturated carbocycles. The van der Waals surface area contributed by atoms with Crippen molar-refractivity contribution in [2.45, 2.75) is 77.5 Å². The SMILES string of the molecule is CCCC[C@H](F)C(=O)O[C@H]1CC[C@H](COc2ccc(OC(=O)c3ccc(OCCC)cc3)cc2)CC1. The third-order valence-electron chi connectivity index (χ3n) is 6.23. The highest BCUT2D eigenvalue weighted by molar-refractivity contribution is 5.91. The predicted octanol–water partition coefficient (Wildman–Crippen LogP) is 6.70. The molecule has 3 rings (SSSR count). The molecule has 1 fully saturated rings. The Labute approximate surface area is 213 Å². The van der Waals surface area contributed by atoms with Crippen molar-refractivity contribution in [3.8, 4) is 17.2 Å². The number of ether oxygens (including phenoxy) is 4. The topological polar surface area (TPSA) is 71.1 Å². The van der Waals surface area contributed by atoms with Gasteiger partial charge in [0.25, 0.3) is 0 Å². The van der Waals surface area contributed by atoms with Crippen LogP contribution < -0.4 is 14.2 Å². The quantitative estimate of drug-likeness (QED) is 0.225. The highest BCUT2D eigenvalue weighted by Gasteiger charge is 2.27. The summed E-state index contributed by atoms with van der Waals surface area (Å²) < 4.78 is 36.1. The van der Waals surface area contributed by atoms with E-state index in [1.54, 1.807) is 48.5 Å². The standard InChI is InChI=1S/C29H37FO6/c1-3-5-6-27(30)29(32)36-25-11-7-21(8-12-25)20-34-24-15-17-26(18-16-24)35-28(31)22-9-13-23(14-10-22)33-19-4-2/h9-10,13-18,21,25,27H,3-8,11-12,19-20H2,1-2H3/t21-,25-,27-/m0/s1. The lowest BCUT2D eigenvalue weighted by atomic mass is 9.88. The van der Waals surface area contributed by atoms with Gasteiger partial charge in [-0.05, 0) is 93.0 Å². The third-order valence-corrected chi connectivity index (χ3v) is 6.23. The van der Waals surface area contributed by atoms with Gasteiger partial charge in [-0.2, -0.15) is 0 Å². The van der Waals surface area contributed by atoms with Gasteiger partial charge in [0, 0.05) is 0 Å². The Morgan fingerprint density at radius 3 is 2.11 bits per heavy atom. The molecule has 2 aromatic rings. The third kappa shape index (κ3) is 8.85. The Bertz CT molecular complexity index is 935. The number of carbonyl (C=O) groups is 2. The minimum Gasteiger partial charge on any atom is -0.494 e. The van der Waals surface area contributed by atoms with Crippen LogP contribution in [0.3, 0.4) is 0 Å². The van der Waals surface area contributed by atoms with E-state index >= 15 is 0 Å². The van der Waals surface area contributed by atoms with Crippen molar-refractivity contribution in [3.63, 3.8) is 0 Å². The van der Waals surface area contributed by atoms with Gasteiger partial charge in [0.15, 0.2) is 6.17 Å². The van der Waals surface area contributed by atoms with Crippen molar-refractivity contribution >= 4 is 11.9 Å².